The summed E-state index contributed by atoms with van der Waals surface area (Å²) in [6, 6.07) is 7.01. The highest BCUT2D eigenvalue weighted by molar-refractivity contribution is 7.90. The molecule has 8 heteroatoms. The SMILES string of the molecule is CS(=O)(=O)c1ccc(NCCC2C[C@@H]2C2CCN(c3ncc(Cl)cn3)CC2)cc1. The van der Waals surface area contributed by atoms with E-state index in [0.29, 0.717) is 9.92 Å². The van der Waals surface area contributed by atoms with Crippen LogP contribution in [0.4, 0.5) is 11.6 Å². The lowest BCUT2D eigenvalue weighted by atomic mass is 9.90. The molecule has 0 radical (unpaired) electrons. The Hall–Kier alpha value is -1.86. The number of hydrogen-bond acceptors (Lipinski definition) is 6. The maximum atomic E-state index is 11.5. The van der Waals surface area contributed by atoms with Gasteiger partial charge in [-0.1, -0.05) is 11.6 Å². The van der Waals surface area contributed by atoms with Gasteiger partial charge in [0.05, 0.1) is 22.3 Å². The van der Waals surface area contributed by atoms with Crippen molar-refractivity contribution in [2.24, 2.45) is 17.8 Å². The molecule has 1 aliphatic heterocycles. The van der Waals surface area contributed by atoms with Crippen molar-refractivity contribution in [2.75, 3.05) is 36.1 Å². The van der Waals surface area contributed by atoms with E-state index in [1.54, 1.807) is 24.5 Å². The third-order valence-corrected chi connectivity index (χ3v) is 7.46. The lowest BCUT2D eigenvalue weighted by Gasteiger charge is -2.32. The third kappa shape index (κ3) is 5.20. The van der Waals surface area contributed by atoms with Crippen molar-refractivity contribution in [3.63, 3.8) is 0 Å². The number of nitrogens with one attached hydrogen (secondary N) is 1. The number of sulfone groups is 1. The largest absolute Gasteiger partial charge is 0.385 e. The molecule has 2 aliphatic rings. The van der Waals surface area contributed by atoms with Crippen molar-refractivity contribution in [1.29, 1.82) is 0 Å². The monoisotopic (exact) mass is 434 g/mol. The van der Waals surface area contributed by atoms with E-state index in [2.05, 4.69) is 20.2 Å². The van der Waals surface area contributed by atoms with E-state index in [0.717, 1.165) is 49.0 Å². The van der Waals surface area contributed by atoms with Gasteiger partial charge >= 0.3 is 0 Å². The first-order valence-electron chi connectivity index (χ1n) is 10.2. The predicted molar refractivity (Wildman–Crippen MR) is 116 cm³/mol. The Morgan fingerprint density at radius 2 is 1.79 bits per heavy atom. The zero-order valence-electron chi connectivity index (χ0n) is 16.6. The first-order valence-corrected chi connectivity index (χ1v) is 12.4. The number of hydrogen-bond donors (Lipinski definition) is 1. The Morgan fingerprint density at radius 1 is 1.14 bits per heavy atom. The Morgan fingerprint density at radius 3 is 2.41 bits per heavy atom. The van der Waals surface area contributed by atoms with Crippen molar-refractivity contribution >= 4 is 33.1 Å². The van der Waals surface area contributed by atoms with Crippen LogP contribution in [0, 0.1) is 17.8 Å². The highest BCUT2D eigenvalue weighted by atomic mass is 35.5. The molecule has 2 atom stereocenters. The molecule has 1 aromatic heterocycles. The summed E-state index contributed by atoms with van der Waals surface area (Å²) < 4.78 is 23.0. The molecule has 0 amide bonds. The third-order valence-electron chi connectivity index (χ3n) is 6.14. The van der Waals surface area contributed by atoms with Gasteiger partial charge in [0.25, 0.3) is 0 Å². The summed E-state index contributed by atoms with van der Waals surface area (Å²) in [5.41, 5.74) is 0.978. The van der Waals surface area contributed by atoms with Gasteiger partial charge in [0, 0.05) is 31.6 Å². The Bertz CT molecular complexity index is 926. The fourth-order valence-corrected chi connectivity index (χ4v) is 5.13. The maximum Gasteiger partial charge on any atom is 0.225 e. The average Bonchev–Trinajstić information content (AvgIpc) is 3.48. The number of halogens is 1. The molecule has 2 fully saturated rings. The molecule has 1 unspecified atom stereocenters. The molecular formula is C21H27ClN4O2S. The normalized spacial score (nSPS) is 22.5. The van der Waals surface area contributed by atoms with Crippen molar-refractivity contribution in [3.8, 4) is 0 Å². The topological polar surface area (TPSA) is 75.2 Å². The number of piperidine rings is 1. The van der Waals surface area contributed by atoms with Crippen molar-refractivity contribution in [2.45, 2.75) is 30.6 Å². The van der Waals surface area contributed by atoms with Crippen LogP contribution < -0.4 is 10.2 Å². The molecular weight excluding hydrogens is 408 g/mol. The van der Waals surface area contributed by atoms with E-state index >= 15 is 0 Å². The van der Waals surface area contributed by atoms with Gasteiger partial charge in [-0.2, -0.15) is 0 Å². The lowest BCUT2D eigenvalue weighted by molar-refractivity contribution is 0.343. The van der Waals surface area contributed by atoms with Crippen molar-refractivity contribution in [1.82, 2.24) is 9.97 Å². The van der Waals surface area contributed by atoms with Crippen molar-refractivity contribution < 1.29 is 8.42 Å². The lowest BCUT2D eigenvalue weighted by Crippen LogP contribution is -2.35. The van der Waals surface area contributed by atoms with Gasteiger partial charge in [-0.3, -0.25) is 0 Å². The standard InChI is InChI=1S/C21H27ClN4O2S/c1-29(27,28)19-4-2-18(3-5-19)23-9-6-16-12-20(16)15-7-10-26(11-8-15)21-24-13-17(22)14-25-21/h2-5,13-16,20,23H,6-12H2,1H3/t16?,20-/m1/s1. The fraction of sp³-hybridized carbons (Fsp3) is 0.524. The number of nitrogens with zero attached hydrogens (tertiary/aromatic N) is 3. The van der Waals surface area contributed by atoms with Crippen LogP contribution in [0.25, 0.3) is 0 Å². The second kappa shape index (κ2) is 8.48. The van der Waals surface area contributed by atoms with Gasteiger partial charge in [0.15, 0.2) is 9.84 Å². The molecule has 29 heavy (non-hydrogen) atoms. The first-order chi connectivity index (χ1) is 13.9. The first kappa shape index (κ1) is 20.4. The van der Waals surface area contributed by atoms with E-state index in [-0.39, 0.29) is 0 Å². The van der Waals surface area contributed by atoms with Gasteiger partial charge in [-0.05, 0) is 67.7 Å². The quantitative estimate of drug-likeness (QED) is 0.712. The molecule has 1 N–H and O–H groups in total. The van der Waals surface area contributed by atoms with Gasteiger partial charge < -0.3 is 10.2 Å². The van der Waals surface area contributed by atoms with Gasteiger partial charge in [0.1, 0.15) is 0 Å². The van der Waals surface area contributed by atoms with Gasteiger partial charge in [0.2, 0.25) is 5.95 Å². The van der Waals surface area contributed by atoms with E-state index in [4.69, 9.17) is 11.6 Å². The zero-order valence-corrected chi connectivity index (χ0v) is 18.2. The second-order valence-electron chi connectivity index (χ2n) is 8.20. The molecule has 0 spiro atoms. The molecule has 6 nitrogen and oxygen atoms in total. The number of benzene rings is 1. The average molecular weight is 435 g/mol. The molecule has 1 aliphatic carbocycles. The zero-order chi connectivity index (χ0) is 20.4. The number of rotatable bonds is 7. The summed E-state index contributed by atoms with van der Waals surface area (Å²) in [6.45, 7) is 2.96. The van der Waals surface area contributed by atoms with E-state index in [1.165, 1.54) is 31.9 Å². The highest BCUT2D eigenvalue weighted by Gasteiger charge is 2.43. The molecule has 4 rings (SSSR count). The maximum absolute atomic E-state index is 11.5. The van der Waals surface area contributed by atoms with Crippen LogP contribution in [-0.4, -0.2) is 44.3 Å². The minimum atomic E-state index is -3.13. The van der Waals surface area contributed by atoms with Gasteiger partial charge in [-0.15, -0.1) is 0 Å². The van der Waals surface area contributed by atoms with Crippen LogP contribution in [-0.2, 0) is 9.84 Å². The molecule has 1 saturated heterocycles. The molecule has 2 aromatic rings. The summed E-state index contributed by atoms with van der Waals surface area (Å²) in [5.74, 6) is 3.24. The van der Waals surface area contributed by atoms with Crippen LogP contribution in [0.1, 0.15) is 25.7 Å². The van der Waals surface area contributed by atoms with Crippen LogP contribution in [0.15, 0.2) is 41.6 Å². The van der Waals surface area contributed by atoms with E-state index in [1.807, 2.05) is 12.1 Å². The Labute approximate surface area is 177 Å². The Balaban J connectivity index is 1.18. The second-order valence-corrected chi connectivity index (χ2v) is 10.6. The van der Waals surface area contributed by atoms with Crippen LogP contribution in [0.5, 0.6) is 0 Å². The summed E-state index contributed by atoms with van der Waals surface area (Å²) in [5, 5.41) is 3.99. The number of aromatic nitrogens is 2. The van der Waals surface area contributed by atoms with E-state index in [9.17, 15) is 8.42 Å². The van der Waals surface area contributed by atoms with Gasteiger partial charge in [-0.25, -0.2) is 18.4 Å². The van der Waals surface area contributed by atoms with Crippen molar-refractivity contribution in [3.05, 3.63) is 41.7 Å². The predicted octanol–water partition coefficient (Wildman–Crippen LogP) is 3.89. The van der Waals surface area contributed by atoms with Crippen LogP contribution in [0.2, 0.25) is 5.02 Å². The fourth-order valence-electron chi connectivity index (χ4n) is 4.40. The van der Waals surface area contributed by atoms with E-state index < -0.39 is 9.84 Å². The highest BCUT2D eigenvalue weighted by Crippen LogP contribution is 2.49. The van der Waals surface area contributed by atoms with Crippen LogP contribution >= 0.6 is 11.6 Å². The summed E-state index contributed by atoms with van der Waals surface area (Å²) in [4.78, 5) is 11.3. The smallest absolute Gasteiger partial charge is 0.225 e. The molecule has 2 heterocycles. The minimum Gasteiger partial charge on any atom is -0.385 e. The number of anilines is 2. The summed E-state index contributed by atoms with van der Waals surface area (Å²) in [7, 11) is -3.13. The molecule has 0 bridgehead atoms. The summed E-state index contributed by atoms with van der Waals surface area (Å²) >= 11 is 5.87. The van der Waals surface area contributed by atoms with Crippen LogP contribution in [0.3, 0.4) is 0 Å². The molecule has 156 valence electrons. The minimum absolute atomic E-state index is 0.362. The Kier molecular flexibility index (Phi) is 5.97. The summed E-state index contributed by atoms with van der Waals surface area (Å²) in [6.07, 6.45) is 9.45. The molecule has 1 saturated carbocycles. The molecule has 1 aromatic carbocycles.